The van der Waals surface area contributed by atoms with Gasteiger partial charge in [-0.15, -0.1) is 0 Å². The highest BCUT2D eigenvalue weighted by Crippen LogP contribution is 2.19. The maximum Gasteiger partial charge on any atom is 0.359 e. The molecule has 1 fully saturated rings. The van der Waals surface area contributed by atoms with Gasteiger partial charge < -0.3 is 9.32 Å². The monoisotopic (exact) mass is 243 g/mol. The topological polar surface area (TPSA) is 33.5 Å². The van der Waals surface area contributed by atoms with E-state index in [9.17, 15) is 4.79 Å². The van der Waals surface area contributed by atoms with Crippen molar-refractivity contribution in [2.24, 2.45) is 0 Å². The molecule has 1 aliphatic rings. The van der Waals surface area contributed by atoms with Crippen LogP contribution in [-0.4, -0.2) is 13.1 Å². The maximum absolute atomic E-state index is 11.3. The second-order valence-electron chi connectivity index (χ2n) is 3.13. The Kier molecular flexibility index (Phi) is 2.40. The summed E-state index contributed by atoms with van der Waals surface area (Å²) in [5, 5.41) is 0. The van der Waals surface area contributed by atoms with Gasteiger partial charge in [0.15, 0.2) is 0 Å². The van der Waals surface area contributed by atoms with Crippen LogP contribution in [0.4, 0.5) is 5.69 Å². The van der Waals surface area contributed by atoms with Crippen molar-refractivity contribution in [3.8, 4) is 0 Å². The summed E-state index contributed by atoms with van der Waals surface area (Å²) in [5.41, 5.74) is 0.428. The smallest absolute Gasteiger partial charge is 0.359 e. The molecule has 0 aromatic carbocycles. The van der Waals surface area contributed by atoms with Gasteiger partial charge in [0.05, 0.1) is 4.47 Å². The standard InChI is InChI=1S/C9H10BrNO2/c10-7-5-8(9(12)13-6-7)11-3-1-2-4-11/h5-6H,1-4H2. The van der Waals surface area contributed by atoms with E-state index in [1.807, 2.05) is 6.07 Å². The molecule has 0 aliphatic carbocycles. The van der Waals surface area contributed by atoms with Crippen molar-refractivity contribution in [1.82, 2.24) is 0 Å². The summed E-state index contributed by atoms with van der Waals surface area (Å²) < 4.78 is 5.67. The first-order chi connectivity index (χ1) is 6.27. The van der Waals surface area contributed by atoms with Gasteiger partial charge in [-0.1, -0.05) is 0 Å². The Morgan fingerprint density at radius 1 is 1.38 bits per heavy atom. The van der Waals surface area contributed by atoms with Gasteiger partial charge >= 0.3 is 5.63 Å². The third-order valence-corrected chi connectivity index (χ3v) is 2.62. The minimum Gasteiger partial charge on any atom is -0.429 e. The molecule has 13 heavy (non-hydrogen) atoms. The van der Waals surface area contributed by atoms with E-state index in [2.05, 4.69) is 20.8 Å². The molecule has 0 amide bonds. The third kappa shape index (κ3) is 1.77. The Bertz CT molecular complexity index is 355. The summed E-state index contributed by atoms with van der Waals surface area (Å²) in [5.74, 6) is 0. The quantitative estimate of drug-likeness (QED) is 0.757. The van der Waals surface area contributed by atoms with Gasteiger partial charge in [0.2, 0.25) is 0 Å². The molecular formula is C9H10BrNO2. The van der Waals surface area contributed by atoms with Crippen molar-refractivity contribution in [3.63, 3.8) is 0 Å². The van der Waals surface area contributed by atoms with Gasteiger partial charge in [0.1, 0.15) is 12.0 Å². The van der Waals surface area contributed by atoms with Gasteiger partial charge in [-0.05, 0) is 34.8 Å². The first kappa shape index (κ1) is 8.81. The average molecular weight is 244 g/mol. The van der Waals surface area contributed by atoms with Crippen molar-refractivity contribution in [3.05, 3.63) is 27.2 Å². The van der Waals surface area contributed by atoms with Gasteiger partial charge in [0.25, 0.3) is 0 Å². The summed E-state index contributed by atoms with van der Waals surface area (Å²) >= 11 is 3.28. The molecule has 4 heteroatoms. The van der Waals surface area contributed by atoms with Crippen molar-refractivity contribution in [2.45, 2.75) is 12.8 Å². The van der Waals surface area contributed by atoms with Gasteiger partial charge in [-0.2, -0.15) is 0 Å². The lowest BCUT2D eigenvalue weighted by Crippen LogP contribution is -2.23. The first-order valence-electron chi connectivity index (χ1n) is 4.31. The molecule has 3 nitrogen and oxygen atoms in total. The van der Waals surface area contributed by atoms with Crippen molar-refractivity contribution in [1.29, 1.82) is 0 Å². The number of anilines is 1. The van der Waals surface area contributed by atoms with Gasteiger partial charge in [-0.3, -0.25) is 0 Å². The van der Waals surface area contributed by atoms with Gasteiger partial charge in [0, 0.05) is 13.1 Å². The summed E-state index contributed by atoms with van der Waals surface area (Å²) in [7, 11) is 0. The fourth-order valence-corrected chi connectivity index (χ4v) is 1.88. The molecule has 0 unspecified atom stereocenters. The Hall–Kier alpha value is -0.770. The van der Waals surface area contributed by atoms with E-state index in [-0.39, 0.29) is 5.63 Å². The molecule has 0 spiro atoms. The molecule has 0 saturated carbocycles. The Morgan fingerprint density at radius 2 is 2.08 bits per heavy atom. The lowest BCUT2D eigenvalue weighted by molar-refractivity contribution is 0.506. The zero-order chi connectivity index (χ0) is 9.26. The van der Waals surface area contributed by atoms with Crippen LogP contribution in [0.3, 0.4) is 0 Å². The molecule has 70 valence electrons. The van der Waals surface area contributed by atoms with E-state index in [0.29, 0.717) is 5.69 Å². The van der Waals surface area contributed by atoms with Gasteiger partial charge in [-0.25, -0.2) is 4.79 Å². The summed E-state index contributed by atoms with van der Waals surface area (Å²) in [6.07, 6.45) is 3.74. The van der Waals surface area contributed by atoms with Crippen LogP contribution in [-0.2, 0) is 0 Å². The Morgan fingerprint density at radius 3 is 2.77 bits per heavy atom. The highest BCUT2D eigenvalue weighted by atomic mass is 79.9. The lowest BCUT2D eigenvalue weighted by atomic mass is 10.4. The molecule has 1 aromatic rings. The second kappa shape index (κ2) is 3.54. The number of hydrogen-bond acceptors (Lipinski definition) is 3. The van der Waals surface area contributed by atoms with Crippen LogP contribution in [0.1, 0.15) is 12.8 Å². The fourth-order valence-electron chi connectivity index (χ4n) is 1.57. The summed E-state index contributed by atoms with van der Waals surface area (Å²) in [6.45, 7) is 1.92. The van der Waals surface area contributed by atoms with E-state index in [1.54, 1.807) is 0 Å². The number of halogens is 1. The van der Waals surface area contributed by atoms with E-state index < -0.39 is 0 Å². The highest BCUT2D eigenvalue weighted by molar-refractivity contribution is 9.10. The predicted octanol–water partition coefficient (Wildman–Crippen LogP) is 2.00. The molecule has 0 N–H and O–H groups in total. The first-order valence-corrected chi connectivity index (χ1v) is 5.10. The van der Waals surface area contributed by atoms with Crippen LogP contribution in [0.15, 0.2) is 26.0 Å². The lowest BCUT2D eigenvalue weighted by Gasteiger charge is -2.15. The molecular weight excluding hydrogens is 234 g/mol. The van der Waals surface area contributed by atoms with Crippen molar-refractivity contribution < 1.29 is 4.42 Å². The average Bonchev–Trinajstić information content (AvgIpc) is 2.61. The Labute approximate surface area is 84.5 Å². The maximum atomic E-state index is 11.3. The number of nitrogens with zero attached hydrogens (tertiary/aromatic N) is 1. The normalized spacial score (nSPS) is 16.5. The van der Waals surface area contributed by atoms with Crippen LogP contribution in [0.2, 0.25) is 0 Å². The Balaban J connectivity index is 2.37. The van der Waals surface area contributed by atoms with E-state index in [4.69, 9.17) is 4.42 Å². The van der Waals surface area contributed by atoms with Crippen molar-refractivity contribution >= 4 is 21.6 Å². The predicted molar refractivity (Wildman–Crippen MR) is 54.1 cm³/mol. The molecule has 2 heterocycles. The summed E-state index contributed by atoms with van der Waals surface area (Å²) in [4.78, 5) is 13.4. The van der Waals surface area contributed by atoms with Crippen LogP contribution in [0, 0.1) is 0 Å². The number of hydrogen-bond donors (Lipinski definition) is 0. The SMILES string of the molecule is O=c1occ(Br)cc1N1CCCC1. The van der Waals surface area contributed by atoms with E-state index in [1.165, 1.54) is 6.26 Å². The van der Waals surface area contributed by atoms with Crippen LogP contribution in [0.5, 0.6) is 0 Å². The second-order valence-corrected chi connectivity index (χ2v) is 4.05. The largest absolute Gasteiger partial charge is 0.429 e. The van der Waals surface area contributed by atoms with E-state index >= 15 is 0 Å². The third-order valence-electron chi connectivity index (χ3n) is 2.21. The molecule has 0 radical (unpaired) electrons. The fraction of sp³-hybridized carbons (Fsp3) is 0.444. The highest BCUT2D eigenvalue weighted by Gasteiger charge is 2.16. The summed E-state index contributed by atoms with van der Waals surface area (Å²) in [6, 6.07) is 1.82. The van der Waals surface area contributed by atoms with Crippen LogP contribution >= 0.6 is 15.9 Å². The minimum absolute atomic E-state index is 0.245. The molecule has 1 aromatic heterocycles. The van der Waals surface area contributed by atoms with E-state index in [0.717, 1.165) is 30.4 Å². The minimum atomic E-state index is -0.245. The molecule has 0 atom stereocenters. The molecule has 2 rings (SSSR count). The van der Waals surface area contributed by atoms with Crippen LogP contribution < -0.4 is 10.5 Å². The molecule has 1 saturated heterocycles. The number of rotatable bonds is 1. The molecule has 0 bridgehead atoms. The zero-order valence-electron chi connectivity index (χ0n) is 7.12. The zero-order valence-corrected chi connectivity index (χ0v) is 8.71. The molecule has 1 aliphatic heterocycles. The van der Waals surface area contributed by atoms with Crippen molar-refractivity contribution in [2.75, 3.05) is 18.0 Å². The van der Waals surface area contributed by atoms with Crippen LogP contribution in [0.25, 0.3) is 0 Å².